The Hall–Kier alpha value is -0.750. The maximum atomic E-state index is 12.1. The SMILES string of the molecule is O=C(Cc1ccncc1)c1cc(I)ccc1Br. The fourth-order valence-corrected chi connectivity index (χ4v) is 2.45. The Morgan fingerprint density at radius 2 is 1.94 bits per heavy atom. The minimum atomic E-state index is 0.113. The first-order chi connectivity index (χ1) is 8.16. The lowest BCUT2D eigenvalue weighted by molar-refractivity contribution is 0.0992. The predicted molar refractivity (Wildman–Crippen MR) is 79.1 cm³/mol. The Labute approximate surface area is 122 Å². The molecule has 0 amide bonds. The van der Waals surface area contributed by atoms with Gasteiger partial charge in [0.25, 0.3) is 0 Å². The van der Waals surface area contributed by atoms with E-state index in [2.05, 4.69) is 43.5 Å². The number of Topliss-reactive ketones (excluding diaryl/α,β-unsaturated/α-hetero) is 1. The fraction of sp³-hybridized carbons (Fsp3) is 0.0769. The highest BCUT2D eigenvalue weighted by Crippen LogP contribution is 2.21. The van der Waals surface area contributed by atoms with Crippen LogP contribution in [0.25, 0.3) is 0 Å². The van der Waals surface area contributed by atoms with Crippen LogP contribution < -0.4 is 0 Å². The molecule has 86 valence electrons. The number of ketones is 1. The van der Waals surface area contributed by atoms with Crippen LogP contribution in [0.2, 0.25) is 0 Å². The molecule has 0 fully saturated rings. The molecule has 0 aliphatic carbocycles. The first kappa shape index (κ1) is 12.7. The van der Waals surface area contributed by atoms with E-state index in [9.17, 15) is 4.79 Å². The number of carbonyl (C=O) groups excluding carboxylic acids is 1. The molecule has 17 heavy (non-hydrogen) atoms. The number of aromatic nitrogens is 1. The molecule has 0 unspecified atom stereocenters. The van der Waals surface area contributed by atoms with E-state index in [1.807, 2.05) is 30.3 Å². The molecule has 1 heterocycles. The Morgan fingerprint density at radius 1 is 1.24 bits per heavy atom. The van der Waals surface area contributed by atoms with E-state index in [0.29, 0.717) is 6.42 Å². The molecule has 4 heteroatoms. The van der Waals surface area contributed by atoms with Gasteiger partial charge in [0, 0.05) is 32.4 Å². The van der Waals surface area contributed by atoms with Crippen LogP contribution in [0.3, 0.4) is 0 Å². The summed E-state index contributed by atoms with van der Waals surface area (Å²) in [5.74, 6) is 0.113. The van der Waals surface area contributed by atoms with Gasteiger partial charge in [0.1, 0.15) is 0 Å². The standard InChI is InChI=1S/C13H9BrINO/c14-12-2-1-10(15)8-11(12)13(17)7-9-3-5-16-6-4-9/h1-6,8H,7H2. The predicted octanol–water partition coefficient (Wildman–Crippen LogP) is 3.87. The van der Waals surface area contributed by atoms with E-state index < -0.39 is 0 Å². The minimum absolute atomic E-state index is 0.113. The third-order valence-electron chi connectivity index (χ3n) is 2.34. The second kappa shape index (κ2) is 5.73. The number of rotatable bonds is 3. The molecule has 2 aromatic rings. The average Bonchev–Trinajstić information content (AvgIpc) is 2.33. The van der Waals surface area contributed by atoms with Crippen LogP contribution in [0.1, 0.15) is 15.9 Å². The van der Waals surface area contributed by atoms with Crippen molar-refractivity contribution < 1.29 is 4.79 Å². The second-order valence-corrected chi connectivity index (χ2v) is 5.68. The number of benzene rings is 1. The van der Waals surface area contributed by atoms with E-state index in [1.165, 1.54) is 0 Å². The van der Waals surface area contributed by atoms with Crippen molar-refractivity contribution >= 4 is 44.3 Å². The third-order valence-corrected chi connectivity index (χ3v) is 3.71. The van der Waals surface area contributed by atoms with Crippen LogP contribution in [-0.2, 0) is 6.42 Å². The van der Waals surface area contributed by atoms with Gasteiger partial charge in [-0.3, -0.25) is 9.78 Å². The van der Waals surface area contributed by atoms with Gasteiger partial charge in [-0.2, -0.15) is 0 Å². The lowest BCUT2D eigenvalue weighted by Gasteiger charge is -2.04. The summed E-state index contributed by atoms with van der Waals surface area (Å²) in [7, 11) is 0. The van der Waals surface area contributed by atoms with Crippen LogP contribution >= 0.6 is 38.5 Å². The van der Waals surface area contributed by atoms with E-state index in [0.717, 1.165) is 19.2 Å². The lowest BCUT2D eigenvalue weighted by atomic mass is 10.0. The molecule has 0 atom stereocenters. The lowest BCUT2D eigenvalue weighted by Crippen LogP contribution is -2.04. The van der Waals surface area contributed by atoms with Crippen molar-refractivity contribution in [3.05, 3.63) is 61.9 Å². The summed E-state index contributed by atoms with van der Waals surface area (Å²) in [5, 5.41) is 0. The smallest absolute Gasteiger partial charge is 0.168 e. The Bertz CT molecular complexity index is 542. The topological polar surface area (TPSA) is 30.0 Å². The van der Waals surface area contributed by atoms with Crippen LogP contribution in [0.5, 0.6) is 0 Å². The molecule has 1 aromatic heterocycles. The highest BCUT2D eigenvalue weighted by atomic mass is 127. The summed E-state index contributed by atoms with van der Waals surface area (Å²) in [6, 6.07) is 9.49. The summed E-state index contributed by atoms with van der Waals surface area (Å²) >= 11 is 5.61. The van der Waals surface area contributed by atoms with Gasteiger partial charge in [-0.05, 0) is 58.5 Å². The molecule has 0 radical (unpaired) electrons. The number of carbonyl (C=O) groups is 1. The van der Waals surface area contributed by atoms with E-state index in [4.69, 9.17) is 0 Å². The molecule has 0 saturated heterocycles. The van der Waals surface area contributed by atoms with Crippen LogP contribution in [0.15, 0.2) is 47.2 Å². The molecule has 0 saturated carbocycles. The van der Waals surface area contributed by atoms with E-state index in [-0.39, 0.29) is 5.78 Å². The van der Waals surface area contributed by atoms with Gasteiger partial charge in [0.05, 0.1) is 0 Å². The second-order valence-electron chi connectivity index (χ2n) is 3.58. The molecule has 0 N–H and O–H groups in total. The van der Waals surface area contributed by atoms with Crippen molar-refractivity contribution in [3.8, 4) is 0 Å². The van der Waals surface area contributed by atoms with Crippen molar-refractivity contribution in [1.29, 1.82) is 0 Å². The maximum Gasteiger partial charge on any atom is 0.168 e. The molecule has 0 bridgehead atoms. The highest BCUT2D eigenvalue weighted by Gasteiger charge is 2.11. The van der Waals surface area contributed by atoms with Crippen molar-refractivity contribution in [2.45, 2.75) is 6.42 Å². The van der Waals surface area contributed by atoms with Crippen molar-refractivity contribution in [2.24, 2.45) is 0 Å². The molecule has 0 aliphatic heterocycles. The van der Waals surface area contributed by atoms with Gasteiger partial charge in [-0.1, -0.05) is 15.9 Å². The van der Waals surface area contributed by atoms with E-state index in [1.54, 1.807) is 12.4 Å². The zero-order chi connectivity index (χ0) is 12.3. The minimum Gasteiger partial charge on any atom is -0.294 e. The third kappa shape index (κ3) is 3.35. The monoisotopic (exact) mass is 401 g/mol. The number of pyridine rings is 1. The zero-order valence-corrected chi connectivity index (χ0v) is 12.6. The Balaban J connectivity index is 2.23. The quantitative estimate of drug-likeness (QED) is 0.577. The highest BCUT2D eigenvalue weighted by molar-refractivity contribution is 14.1. The Morgan fingerprint density at radius 3 is 2.65 bits per heavy atom. The van der Waals surface area contributed by atoms with Crippen LogP contribution in [0, 0.1) is 3.57 Å². The van der Waals surface area contributed by atoms with Crippen LogP contribution in [-0.4, -0.2) is 10.8 Å². The summed E-state index contributed by atoms with van der Waals surface area (Å²) in [6.45, 7) is 0. The first-order valence-electron chi connectivity index (χ1n) is 5.04. The maximum absolute atomic E-state index is 12.1. The van der Waals surface area contributed by atoms with Gasteiger partial charge in [0.2, 0.25) is 0 Å². The largest absolute Gasteiger partial charge is 0.294 e. The first-order valence-corrected chi connectivity index (χ1v) is 6.91. The number of halogens is 2. The molecular formula is C13H9BrINO. The van der Waals surface area contributed by atoms with Gasteiger partial charge < -0.3 is 0 Å². The fourth-order valence-electron chi connectivity index (χ4n) is 1.49. The Kier molecular flexibility index (Phi) is 4.28. The normalized spacial score (nSPS) is 10.2. The molecule has 2 rings (SSSR count). The number of nitrogens with zero attached hydrogens (tertiary/aromatic N) is 1. The summed E-state index contributed by atoms with van der Waals surface area (Å²) in [6.07, 6.45) is 3.81. The van der Waals surface area contributed by atoms with Crippen molar-refractivity contribution in [1.82, 2.24) is 4.98 Å². The summed E-state index contributed by atoms with van der Waals surface area (Å²) in [5.41, 5.74) is 1.71. The van der Waals surface area contributed by atoms with Gasteiger partial charge in [-0.25, -0.2) is 0 Å². The molecule has 1 aromatic carbocycles. The molecule has 0 aliphatic rings. The summed E-state index contributed by atoms with van der Waals surface area (Å²) < 4.78 is 1.90. The average molecular weight is 402 g/mol. The van der Waals surface area contributed by atoms with Gasteiger partial charge in [0.15, 0.2) is 5.78 Å². The molecule has 0 spiro atoms. The zero-order valence-electron chi connectivity index (χ0n) is 8.86. The molecule has 2 nitrogen and oxygen atoms in total. The van der Waals surface area contributed by atoms with Gasteiger partial charge >= 0.3 is 0 Å². The van der Waals surface area contributed by atoms with Crippen LogP contribution in [0.4, 0.5) is 0 Å². The van der Waals surface area contributed by atoms with E-state index >= 15 is 0 Å². The number of hydrogen-bond donors (Lipinski definition) is 0. The summed E-state index contributed by atoms with van der Waals surface area (Å²) in [4.78, 5) is 16.1. The van der Waals surface area contributed by atoms with Crippen molar-refractivity contribution in [3.63, 3.8) is 0 Å². The molecular weight excluding hydrogens is 393 g/mol. The van der Waals surface area contributed by atoms with Crippen molar-refractivity contribution in [2.75, 3.05) is 0 Å². The number of hydrogen-bond acceptors (Lipinski definition) is 2. The van der Waals surface area contributed by atoms with Gasteiger partial charge in [-0.15, -0.1) is 0 Å².